The maximum atomic E-state index is 13.9. The summed E-state index contributed by atoms with van der Waals surface area (Å²) in [6.45, 7) is 10.9. The summed E-state index contributed by atoms with van der Waals surface area (Å²) in [4.78, 5) is 40.8. The first kappa shape index (κ1) is 33.0. The van der Waals surface area contributed by atoms with Crippen LogP contribution in [0.25, 0.3) is 0 Å². The number of methoxy groups -OCH3 is 1. The Morgan fingerprint density at radius 2 is 1.51 bits per heavy atom. The van der Waals surface area contributed by atoms with E-state index in [1.807, 2.05) is 29.5 Å². The summed E-state index contributed by atoms with van der Waals surface area (Å²) in [7, 11) is 1.38. The number of alkyl halides is 3. The molecule has 3 aliphatic rings. The Balaban J connectivity index is 1.68. The highest BCUT2D eigenvalue weighted by Crippen LogP contribution is 2.55. The first-order valence-electron chi connectivity index (χ1n) is 14.6. The van der Waals surface area contributed by atoms with E-state index in [0.717, 1.165) is 17.5 Å². The zero-order chi connectivity index (χ0) is 33.2. The van der Waals surface area contributed by atoms with Gasteiger partial charge in [-0.3, -0.25) is 19.7 Å². The zero-order valence-electron chi connectivity index (χ0n) is 25.9. The monoisotopic (exact) mass is 738 g/mol. The van der Waals surface area contributed by atoms with E-state index in [9.17, 15) is 32.9 Å². The summed E-state index contributed by atoms with van der Waals surface area (Å²) in [5.74, 6) is -0.876. The van der Waals surface area contributed by atoms with Crippen LogP contribution in [0.5, 0.6) is 17.2 Å². The second-order valence-corrected chi connectivity index (χ2v) is 14.5. The fourth-order valence-corrected chi connectivity index (χ4v) is 7.54. The molecule has 0 amide bonds. The smallest absolute Gasteiger partial charge is 0.416 e. The van der Waals surface area contributed by atoms with Crippen LogP contribution in [0.2, 0.25) is 0 Å². The molecule has 0 aromatic heterocycles. The van der Waals surface area contributed by atoms with Crippen LogP contribution in [0.4, 0.5) is 18.9 Å². The van der Waals surface area contributed by atoms with Crippen LogP contribution in [-0.4, -0.2) is 35.0 Å². The van der Waals surface area contributed by atoms with E-state index in [2.05, 4.69) is 32.6 Å². The molecule has 0 spiro atoms. The highest BCUT2D eigenvalue weighted by Gasteiger charge is 2.49. The number of halogens is 4. The number of nitro benzene ring substituents is 1. The Hall–Kier alpha value is -3.42. The summed E-state index contributed by atoms with van der Waals surface area (Å²) in [6, 6.07) is 5.44. The Kier molecular flexibility index (Phi) is 8.37. The third-order valence-electron chi connectivity index (χ3n) is 8.62. The molecule has 12 heteroatoms. The number of allylic oxidation sites excluding steroid dienone is 4. The minimum absolute atomic E-state index is 0.0245. The normalized spacial score (nSPS) is 19.8. The number of ether oxygens (including phenoxy) is 2. The molecule has 0 unspecified atom stereocenters. The lowest BCUT2D eigenvalue weighted by molar-refractivity contribution is -0.385. The molecule has 5 rings (SSSR count). The van der Waals surface area contributed by atoms with E-state index in [1.54, 1.807) is 12.1 Å². The number of benzene rings is 2. The number of nitrogens with zero attached hydrogens (tertiary/aromatic N) is 2. The quantitative estimate of drug-likeness (QED) is 0.166. The summed E-state index contributed by atoms with van der Waals surface area (Å²) in [5.41, 5.74) is 1.09. The molecule has 0 fully saturated rings. The van der Waals surface area contributed by atoms with Crippen LogP contribution in [-0.2, 0) is 15.8 Å². The molecule has 0 atom stereocenters. The van der Waals surface area contributed by atoms with E-state index in [0.29, 0.717) is 64.6 Å². The van der Waals surface area contributed by atoms with Crippen molar-refractivity contribution in [3.8, 4) is 17.2 Å². The molecule has 2 aliphatic carbocycles. The number of carbonyl (C=O) groups excluding carboxylic acids is 2. The Morgan fingerprint density at radius 3 is 1.98 bits per heavy atom. The maximum Gasteiger partial charge on any atom is 0.416 e. The molecule has 0 saturated heterocycles. The summed E-state index contributed by atoms with van der Waals surface area (Å²) < 4.78 is 51.8. The topological polar surface area (TPSA) is 99.0 Å². The zero-order valence-corrected chi connectivity index (χ0v) is 28.0. The largest absolute Gasteiger partial charge is 0.493 e. The molecular formula is C33H34F3IN2O6. The molecule has 0 saturated carbocycles. The molecule has 1 aliphatic heterocycles. The standard InChI is InChI=1S/C33H34F3IN2O6/c1-7-38-21-13-31(2,3)15-23(40)28(21)27(29-22(38)14-32(4,5)16-24(29)41)17-10-19(37)30(26(11-17)44-6)45-25-9-8-18(33(34,35)36)12-20(25)39(42)43/h8-12,27H,7,13-16H2,1-6H3. The molecule has 45 heavy (non-hydrogen) atoms. The summed E-state index contributed by atoms with van der Waals surface area (Å²) in [5, 5.41) is 11.7. The second-order valence-electron chi connectivity index (χ2n) is 13.4. The molecule has 240 valence electrons. The van der Waals surface area contributed by atoms with E-state index in [1.165, 1.54) is 7.11 Å². The van der Waals surface area contributed by atoms with E-state index < -0.39 is 34.0 Å². The Labute approximate surface area is 272 Å². The van der Waals surface area contributed by atoms with Crippen molar-refractivity contribution in [2.24, 2.45) is 10.8 Å². The van der Waals surface area contributed by atoms with Gasteiger partial charge in [0.15, 0.2) is 23.1 Å². The van der Waals surface area contributed by atoms with Gasteiger partial charge in [0.25, 0.3) is 0 Å². The van der Waals surface area contributed by atoms with Crippen molar-refractivity contribution >= 4 is 39.8 Å². The van der Waals surface area contributed by atoms with Gasteiger partial charge >= 0.3 is 11.9 Å². The van der Waals surface area contributed by atoms with Gasteiger partial charge in [-0.2, -0.15) is 13.2 Å². The third kappa shape index (κ3) is 6.09. The number of hydrogen-bond donors (Lipinski definition) is 0. The van der Waals surface area contributed by atoms with Crippen molar-refractivity contribution < 1.29 is 37.2 Å². The van der Waals surface area contributed by atoms with Crippen LogP contribution in [0.1, 0.15) is 77.3 Å². The van der Waals surface area contributed by atoms with Gasteiger partial charge < -0.3 is 14.4 Å². The first-order valence-corrected chi connectivity index (χ1v) is 15.7. The number of hydrogen-bond acceptors (Lipinski definition) is 7. The molecular weight excluding hydrogens is 704 g/mol. The van der Waals surface area contributed by atoms with E-state index >= 15 is 0 Å². The van der Waals surface area contributed by atoms with Crippen LogP contribution >= 0.6 is 22.6 Å². The highest BCUT2D eigenvalue weighted by molar-refractivity contribution is 14.1. The van der Waals surface area contributed by atoms with Gasteiger partial charge in [-0.15, -0.1) is 0 Å². The minimum atomic E-state index is -4.77. The summed E-state index contributed by atoms with van der Waals surface area (Å²) >= 11 is 1.97. The van der Waals surface area contributed by atoms with Crippen molar-refractivity contribution in [1.29, 1.82) is 0 Å². The van der Waals surface area contributed by atoms with Gasteiger partial charge in [-0.05, 0) is 83.0 Å². The van der Waals surface area contributed by atoms with E-state index in [-0.39, 0.29) is 33.9 Å². The van der Waals surface area contributed by atoms with Crippen LogP contribution in [0.15, 0.2) is 52.9 Å². The number of rotatable bonds is 6. The third-order valence-corrected chi connectivity index (χ3v) is 9.42. The lowest BCUT2D eigenvalue weighted by atomic mass is 9.63. The maximum absolute atomic E-state index is 13.9. The van der Waals surface area contributed by atoms with Crippen LogP contribution in [0.3, 0.4) is 0 Å². The summed E-state index contributed by atoms with van der Waals surface area (Å²) in [6.07, 6.45) is -2.79. The number of Topliss-reactive ketones (excluding diaryl/α,β-unsaturated/α-hetero) is 2. The molecule has 1 heterocycles. The SMILES string of the molecule is CCN1C2=C(C(=O)CC(C)(C)C2)C(c2cc(I)c(Oc3ccc(C(F)(F)F)cc3[N+](=O)[O-])c(OC)c2)C2=C1CC(C)(C)CC2=O. The highest BCUT2D eigenvalue weighted by atomic mass is 127. The van der Waals surface area contributed by atoms with Crippen molar-refractivity contribution in [1.82, 2.24) is 4.90 Å². The van der Waals surface area contributed by atoms with Crippen molar-refractivity contribution in [2.75, 3.05) is 13.7 Å². The molecule has 0 bridgehead atoms. The minimum Gasteiger partial charge on any atom is -0.493 e. The fourth-order valence-electron chi connectivity index (χ4n) is 6.80. The van der Waals surface area contributed by atoms with Crippen molar-refractivity contribution in [2.45, 2.75) is 72.4 Å². The Morgan fingerprint density at radius 1 is 0.956 bits per heavy atom. The fraction of sp³-hybridized carbons (Fsp3) is 0.455. The predicted molar refractivity (Wildman–Crippen MR) is 169 cm³/mol. The van der Waals surface area contributed by atoms with Crippen LogP contribution < -0.4 is 9.47 Å². The van der Waals surface area contributed by atoms with Crippen molar-refractivity contribution in [3.63, 3.8) is 0 Å². The van der Waals surface area contributed by atoms with Gasteiger partial charge in [0.1, 0.15) is 0 Å². The van der Waals surface area contributed by atoms with Gasteiger partial charge in [0.05, 0.1) is 21.2 Å². The molecule has 8 nitrogen and oxygen atoms in total. The Bertz CT molecular complexity index is 1640. The average molecular weight is 739 g/mol. The first-order chi connectivity index (χ1) is 20.9. The van der Waals surface area contributed by atoms with Crippen molar-refractivity contribution in [3.05, 3.63) is 77.7 Å². The lowest BCUT2D eigenvalue weighted by Crippen LogP contribution is -2.44. The predicted octanol–water partition coefficient (Wildman–Crippen LogP) is 8.72. The molecule has 0 radical (unpaired) electrons. The van der Waals surface area contributed by atoms with Crippen LogP contribution in [0, 0.1) is 24.5 Å². The average Bonchev–Trinajstić information content (AvgIpc) is 2.91. The molecule has 2 aromatic carbocycles. The van der Waals surface area contributed by atoms with Gasteiger partial charge in [0.2, 0.25) is 5.75 Å². The molecule has 0 N–H and O–H groups in total. The van der Waals surface area contributed by atoms with Gasteiger partial charge in [0, 0.05) is 53.9 Å². The second kappa shape index (κ2) is 11.4. The van der Waals surface area contributed by atoms with Gasteiger partial charge in [-0.1, -0.05) is 27.7 Å². The number of nitro groups is 1. The lowest BCUT2D eigenvalue weighted by Gasteiger charge is -2.49. The van der Waals surface area contributed by atoms with Gasteiger partial charge in [-0.25, -0.2) is 0 Å². The van der Waals surface area contributed by atoms with E-state index in [4.69, 9.17) is 9.47 Å². The number of ketones is 2. The molecule has 2 aromatic rings. The number of carbonyl (C=O) groups is 2.